The van der Waals surface area contributed by atoms with E-state index in [1.54, 1.807) is 18.2 Å². The number of nitrogens with two attached hydrogens (primary N) is 1. The number of hydrogen-bond acceptors (Lipinski definition) is 1. The van der Waals surface area contributed by atoms with Gasteiger partial charge in [-0.3, -0.25) is 4.90 Å². The van der Waals surface area contributed by atoms with Crippen LogP contribution in [0.15, 0.2) is 42.5 Å². The van der Waals surface area contributed by atoms with Gasteiger partial charge in [0.15, 0.2) is 0 Å². The van der Waals surface area contributed by atoms with E-state index >= 15 is 0 Å². The Morgan fingerprint density at radius 3 is 2.45 bits per heavy atom. The summed E-state index contributed by atoms with van der Waals surface area (Å²) >= 11 is 0. The summed E-state index contributed by atoms with van der Waals surface area (Å²) in [5.74, 6) is -0.722. The van der Waals surface area contributed by atoms with Crippen LogP contribution < -0.4 is 10.6 Å². The Hall–Kier alpha value is -2.43. The largest absolute Gasteiger partial charge is 0.351 e. The molecule has 22 heavy (non-hydrogen) atoms. The van der Waals surface area contributed by atoms with Crippen LogP contribution in [0.3, 0.4) is 0 Å². The summed E-state index contributed by atoms with van der Waals surface area (Å²) in [6, 6.07) is 10.1. The van der Waals surface area contributed by atoms with E-state index in [4.69, 9.17) is 5.73 Å². The third kappa shape index (κ3) is 2.66. The standard InChI is InChI=1S/C17H16F2N2O/c18-12-5-3-11(4-6-12)14-2-1-9-21(17(20)22)16-10-13(19)7-8-15(14)16/h3-8,10,14H,1-2,9H2,(H2,20,22). The summed E-state index contributed by atoms with van der Waals surface area (Å²) in [5, 5.41) is 0. The maximum Gasteiger partial charge on any atom is 0.319 e. The van der Waals surface area contributed by atoms with E-state index < -0.39 is 11.8 Å². The molecule has 1 heterocycles. The smallest absolute Gasteiger partial charge is 0.319 e. The first-order valence-electron chi connectivity index (χ1n) is 7.18. The number of halogens is 2. The van der Waals surface area contributed by atoms with Crippen molar-refractivity contribution in [2.24, 2.45) is 5.73 Å². The van der Waals surface area contributed by atoms with E-state index in [1.165, 1.54) is 29.2 Å². The zero-order chi connectivity index (χ0) is 15.7. The van der Waals surface area contributed by atoms with Gasteiger partial charge in [0.25, 0.3) is 0 Å². The molecule has 2 amide bonds. The minimum atomic E-state index is -0.591. The Morgan fingerprint density at radius 2 is 1.77 bits per heavy atom. The van der Waals surface area contributed by atoms with Crippen LogP contribution in [0.4, 0.5) is 19.3 Å². The Balaban J connectivity index is 2.11. The molecule has 3 nitrogen and oxygen atoms in total. The van der Waals surface area contributed by atoms with Crippen molar-refractivity contribution >= 4 is 11.7 Å². The van der Waals surface area contributed by atoms with Gasteiger partial charge in [0, 0.05) is 12.5 Å². The number of primary amides is 1. The molecule has 0 fully saturated rings. The van der Waals surface area contributed by atoms with Crippen molar-refractivity contribution in [2.45, 2.75) is 18.8 Å². The van der Waals surface area contributed by atoms with Crippen LogP contribution in [-0.2, 0) is 0 Å². The molecule has 2 aromatic carbocycles. The summed E-state index contributed by atoms with van der Waals surface area (Å²) < 4.78 is 26.7. The molecule has 0 aliphatic carbocycles. The number of rotatable bonds is 1. The average Bonchev–Trinajstić information content (AvgIpc) is 2.67. The predicted molar refractivity (Wildman–Crippen MR) is 80.8 cm³/mol. The highest BCUT2D eigenvalue weighted by Crippen LogP contribution is 2.38. The number of nitrogens with zero attached hydrogens (tertiary/aromatic N) is 1. The highest BCUT2D eigenvalue weighted by atomic mass is 19.1. The van der Waals surface area contributed by atoms with Gasteiger partial charge in [0.1, 0.15) is 11.6 Å². The second-order valence-electron chi connectivity index (χ2n) is 5.44. The first-order valence-corrected chi connectivity index (χ1v) is 7.18. The van der Waals surface area contributed by atoms with Gasteiger partial charge in [-0.25, -0.2) is 13.6 Å². The lowest BCUT2D eigenvalue weighted by Gasteiger charge is -2.22. The van der Waals surface area contributed by atoms with Crippen molar-refractivity contribution in [1.29, 1.82) is 0 Å². The van der Waals surface area contributed by atoms with Gasteiger partial charge in [0.2, 0.25) is 0 Å². The number of carbonyl (C=O) groups excluding carboxylic acids is 1. The summed E-state index contributed by atoms with van der Waals surface area (Å²) in [5.41, 5.74) is 7.70. The second kappa shape index (κ2) is 5.75. The Labute approximate surface area is 127 Å². The summed E-state index contributed by atoms with van der Waals surface area (Å²) in [6.07, 6.45) is 1.52. The predicted octanol–water partition coefficient (Wildman–Crippen LogP) is 3.78. The monoisotopic (exact) mass is 302 g/mol. The lowest BCUT2D eigenvalue weighted by Crippen LogP contribution is -2.36. The zero-order valence-corrected chi connectivity index (χ0v) is 11.9. The van der Waals surface area contributed by atoms with Gasteiger partial charge in [-0.05, 0) is 48.2 Å². The lowest BCUT2D eigenvalue weighted by atomic mass is 9.87. The fraction of sp³-hybridized carbons (Fsp3) is 0.235. The quantitative estimate of drug-likeness (QED) is 0.856. The normalized spacial score (nSPS) is 17.7. The maximum absolute atomic E-state index is 13.6. The highest BCUT2D eigenvalue weighted by molar-refractivity contribution is 5.92. The minimum absolute atomic E-state index is 0.0134. The van der Waals surface area contributed by atoms with Crippen LogP contribution in [0, 0.1) is 11.6 Å². The van der Waals surface area contributed by atoms with Gasteiger partial charge in [0.05, 0.1) is 5.69 Å². The highest BCUT2D eigenvalue weighted by Gasteiger charge is 2.26. The molecule has 0 radical (unpaired) electrons. The summed E-state index contributed by atoms with van der Waals surface area (Å²) in [6.45, 7) is 0.448. The molecule has 5 heteroatoms. The molecule has 1 aliphatic heterocycles. The van der Waals surface area contributed by atoms with Crippen molar-refractivity contribution < 1.29 is 13.6 Å². The molecule has 0 bridgehead atoms. The molecule has 1 aliphatic rings. The molecule has 2 N–H and O–H groups in total. The SMILES string of the molecule is NC(=O)N1CCCC(c2ccc(F)cc2)c2ccc(F)cc21. The third-order valence-corrected chi connectivity index (χ3v) is 4.07. The van der Waals surface area contributed by atoms with E-state index in [9.17, 15) is 13.6 Å². The van der Waals surface area contributed by atoms with Crippen LogP contribution in [-0.4, -0.2) is 12.6 Å². The first-order chi connectivity index (χ1) is 10.6. The van der Waals surface area contributed by atoms with Gasteiger partial charge >= 0.3 is 6.03 Å². The summed E-state index contributed by atoms with van der Waals surface area (Å²) in [7, 11) is 0. The molecular weight excluding hydrogens is 286 g/mol. The van der Waals surface area contributed by atoms with E-state index in [1.807, 2.05) is 0 Å². The average molecular weight is 302 g/mol. The van der Waals surface area contributed by atoms with Crippen molar-refractivity contribution in [2.75, 3.05) is 11.4 Å². The van der Waals surface area contributed by atoms with E-state index in [0.29, 0.717) is 12.2 Å². The zero-order valence-electron chi connectivity index (χ0n) is 11.9. The molecule has 0 aromatic heterocycles. The van der Waals surface area contributed by atoms with Crippen LogP contribution >= 0.6 is 0 Å². The second-order valence-corrected chi connectivity index (χ2v) is 5.44. The molecule has 2 aromatic rings. The van der Waals surface area contributed by atoms with Crippen molar-refractivity contribution in [1.82, 2.24) is 0 Å². The van der Waals surface area contributed by atoms with Crippen molar-refractivity contribution in [3.63, 3.8) is 0 Å². The molecule has 0 saturated heterocycles. The minimum Gasteiger partial charge on any atom is -0.351 e. The number of carbonyl (C=O) groups is 1. The third-order valence-electron chi connectivity index (χ3n) is 4.07. The van der Waals surface area contributed by atoms with Crippen molar-refractivity contribution in [3.05, 3.63) is 65.2 Å². The van der Waals surface area contributed by atoms with Crippen LogP contribution in [0.1, 0.15) is 29.9 Å². The molecule has 1 unspecified atom stereocenters. The molecular formula is C17H16F2N2O. The first kappa shape index (κ1) is 14.5. The molecule has 3 rings (SSSR count). The van der Waals surface area contributed by atoms with Crippen LogP contribution in [0.25, 0.3) is 0 Å². The number of fused-ring (bicyclic) bond motifs is 1. The Bertz CT molecular complexity index is 700. The topological polar surface area (TPSA) is 46.3 Å². The fourth-order valence-electron chi connectivity index (χ4n) is 3.04. The molecule has 0 saturated carbocycles. The van der Waals surface area contributed by atoms with E-state index in [0.717, 1.165) is 24.0 Å². The number of anilines is 1. The maximum atomic E-state index is 13.6. The van der Waals surface area contributed by atoms with Gasteiger partial charge < -0.3 is 5.73 Å². The van der Waals surface area contributed by atoms with Gasteiger partial charge in [-0.2, -0.15) is 0 Å². The van der Waals surface area contributed by atoms with Gasteiger partial charge in [-0.15, -0.1) is 0 Å². The van der Waals surface area contributed by atoms with Gasteiger partial charge in [-0.1, -0.05) is 18.2 Å². The Morgan fingerprint density at radius 1 is 1.09 bits per heavy atom. The molecule has 114 valence electrons. The fourth-order valence-corrected chi connectivity index (χ4v) is 3.04. The van der Waals surface area contributed by atoms with E-state index in [-0.39, 0.29) is 11.7 Å². The number of hydrogen-bond donors (Lipinski definition) is 1. The van der Waals surface area contributed by atoms with E-state index in [2.05, 4.69) is 0 Å². The summed E-state index contributed by atoms with van der Waals surface area (Å²) in [4.78, 5) is 13.0. The van der Waals surface area contributed by atoms with Crippen molar-refractivity contribution in [3.8, 4) is 0 Å². The van der Waals surface area contributed by atoms with Crippen LogP contribution in [0.5, 0.6) is 0 Å². The molecule has 0 spiro atoms. The Kier molecular flexibility index (Phi) is 3.79. The lowest BCUT2D eigenvalue weighted by molar-refractivity contribution is 0.254. The number of amides is 2. The number of urea groups is 1. The molecule has 1 atom stereocenters. The van der Waals surface area contributed by atoms with Crippen LogP contribution in [0.2, 0.25) is 0 Å². The number of benzene rings is 2.